The van der Waals surface area contributed by atoms with Crippen molar-refractivity contribution in [1.29, 1.82) is 0 Å². The van der Waals surface area contributed by atoms with Crippen LogP contribution in [0.25, 0.3) is 0 Å². The Hall–Kier alpha value is -2.28. The lowest BCUT2D eigenvalue weighted by atomic mass is 9.90. The average Bonchev–Trinajstić information content (AvgIpc) is 3.15. The second kappa shape index (κ2) is 9.06. The molecule has 4 heterocycles. The summed E-state index contributed by atoms with van der Waals surface area (Å²) in [6, 6.07) is 0.747. The van der Waals surface area contributed by atoms with Crippen molar-refractivity contribution in [3.05, 3.63) is 10.6 Å². The van der Waals surface area contributed by atoms with Gasteiger partial charge in [-0.3, -0.25) is 4.79 Å². The van der Waals surface area contributed by atoms with E-state index in [0.29, 0.717) is 11.6 Å². The average molecular weight is 496 g/mol. The van der Waals surface area contributed by atoms with Crippen molar-refractivity contribution in [2.24, 2.45) is 0 Å². The van der Waals surface area contributed by atoms with Crippen molar-refractivity contribution in [3.8, 4) is 5.19 Å². The Kier molecular flexibility index (Phi) is 6.25. The maximum atomic E-state index is 13.1. The molecule has 0 radical (unpaired) electrons. The molecule has 0 bridgehead atoms. The monoisotopic (exact) mass is 495 g/mol. The number of cyclic esters (lactones) is 2. The number of aromatic nitrogens is 1. The molecule has 2 N–H and O–H groups in total. The van der Waals surface area contributed by atoms with E-state index in [2.05, 4.69) is 9.88 Å². The van der Waals surface area contributed by atoms with Gasteiger partial charge in [0.2, 0.25) is 0 Å². The predicted octanol–water partition coefficient (Wildman–Crippen LogP) is -0.0385. The molecule has 34 heavy (non-hydrogen) atoms. The Morgan fingerprint density at radius 3 is 2.32 bits per heavy atom. The van der Waals surface area contributed by atoms with Crippen LogP contribution in [0, 0.1) is 0 Å². The quantitative estimate of drug-likeness (QED) is 0.547. The van der Waals surface area contributed by atoms with Crippen molar-refractivity contribution in [3.63, 3.8) is 0 Å². The summed E-state index contributed by atoms with van der Waals surface area (Å²) in [6.07, 6.45) is 2.26. The molecule has 0 aromatic carbocycles. The molecule has 1 saturated carbocycles. The van der Waals surface area contributed by atoms with Gasteiger partial charge in [0.15, 0.2) is 12.2 Å². The van der Waals surface area contributed by atoms with Crippen molar-refractivity contribution < 1.29 is 38.8 Å². The van der Waals surface area contributed by atoms with Gasteiger partial charge < -0.3 is 34.2 Å². The van der Waals surface area contributed by atoms with Gasteiger partial charge in [0.1, 0.15) is 6.10 Å². The highest BCUT2D eigenvalue weighted by atomic mass is 32.1. The third-order valence-electron chi connectivity index (χ3n) is 7.10. The predicted molar refractivity (Wildman–Crippen MR) is 117 cm³/mol. The lowest BCUT2D eigenvalue weighted by Crippen LogP contribution is -2.53. The van der Waals surface area contributed by atoms with Crippen LogP contribution in [0.2, 0.25) is 0 Å². The molecule has 1 aromatic heterocycles. The van der Waals surface area contributed by atoms with Crippen molar-refractivity contribution in [2.75, 3.05) is 19.6 Å². The summed E-state index contributed by atoms with van der Waals surface area (Å²) in [5, 5.41) is 19.9. The number of piperidine rings is 1. The Morgan fingerprint density at radius 1 is 1.09 bits per heavy atom. The van der Waals surface area contributed by atoms with Gasteiger partial charge in [0.25, 0.3) is 5.19 Å². The minimum Gasteiger partial charge on any atom is -0.467 e. The molecule has 2 atom stereocenters. The number of hydrogen-bond acceptors (Lipinski definition) is 11. The number of aliphatic hydroxyl groups excluding tert-OH is 2. The van der Waals surface area contributed by atoms with Gasteiger partial charge in [-0.25, -0.2) is 14.6 Å². The van der Waals surface area contributed by atoms with Gasteiger partial charge in [0.05, 0.1) is 17.1 Å². The van der Waals surface area contributed by atoms with Gasteiger partial charge in [-0.2, -0.15) is 0 Å². The minimum absolute atomic E-state index is 0.128. The second-order valence-corrected chi connectivity index (χ2v) is 10.5. The summed E-state index contributed by atoms with van der Waals surface area (Å²) in [5.74, 6) is -5.63. The molecule has 2 unspecified atom stereocenters. The van der Waals surface area contributed by atoms with Gasteiger partial charge in [-0.1, -0.05) is 17.8 Å². The fraction of sp³-hybridized carbons (Fsp3) is 0.727. The number of esters is 2. The topological polar surface area (TPSA) is 139 Å². The second-order valence-electron chi connectivity index (χ2n) is 9.44. The largest absolute Gasteiger partial charge is 0.467 e. The lowest BCUT2D eigenvalue weighted by molar-refractivity contribution is -0.224. The number of ether oxygens (including phenoxy) is 3. The number of likely N-dealkylation sites (tertiary alicyclic amines) is 1. The molecule has 11 nitrogen and oxygen atoms in total. The van der Waals surface area contributed by atoms with Crippen LogP contribution in [-0.2, 0) is 36.8 Å². The molecule has 3 fully saturated rings. The van der Waals surface area contributed by atoms with Crippen LogP contribution in [0.5, 0.6) is 5.19 Å². The molecule has 186 valence electrons. The molecule has 2 saturated heterocycles. The fourth-order valence-electron chi connectivity index (χ4n) is 4.81. The summed E-state index contributed by atoms with van der Waals surface area (Å²) in [6.45, 7) is 3.70. The maximum Gasteiger partial charge on any atom is 0.342 e. The first-order valence-corrected chi connectivity index (χ1v) is 12.6. The minimum atomic E-state index is -2.28. The fourth-order valence-corrected chi connectivity index (χ4v) is 5.84. The first-order chi connectivity index (χ1) is 16.2. The first kappa shape index (κ1) is 23.5. The Labute approximate surface area is 200 Å². The third-order valence-corrected chi connectivity index (χ3v) is 8.07. The molecule has 1 amide bonds. The van der Waals surface area contributed by atoms with Crippen molar-refractivity contribution >= 4 is 29.2 Å². The highest BCUT2D eigenvalue weighted by Gasteiger charge is 2.52. The van der Waals surface area contributed by atoms with Crippen LogP contribution < -0.4 is 4.74 Å². The van der Waals surface area contributed by atoms with E-state index in [-0.39, 0.29) is 19.2 Å². The number of rotatable bonds is 4. The van der Waals surface area contributed by atoms with E-state index in [9.17, 15) is 24.6 Å². The molecule has 12 heteroatoms. The lowest BCUT2D eigenvalue weighted by Gasteiger charge is -2.41. The summed E-state index contributed by atoms with van der Waals surface area (Å²) in [4.78, 5) is 46.5. The standard InChI is InChI=1S/C22H29N3O8S/c1-22(32-18(28)16(26)17(27)19(29)33-22)20(30)25-10-7-14-15(11-25)34-21(23-14)31-13-5-8-24(9-6-13)12-3-2-4-12/h12-13,16-17,26-27H,2-11H2,1H3. The van der Waals surface area contributed by atoms with E-state index in [1.54, 1.807) is 0 Å². The van der Waals surface area contributed by atoms with Crippen LogP contribution in [0.1, 0.15) is 49.6 Å². The molecular formula is C22H29N3O8S. The number of nitrogens with zero attached hydrogens (tertiary/aromatic N) is 3. The van der Waals surface area contributed by atoms with Gasteiger partial charge >= 0.3 is 23.6 Å². The Bertz CT molecular complexity index is 949. The number of carbonyl (C=O) groups excluding carboxylic acids is 3. The Morgan fingerprint density at radius 2 is 1.74 bits per heavy atom. The van der Waals surface area contributed by atoms with Crippen molar-refractivity contribution in [1.82, 2.24) is 14.8 Å². The molecule has 1 aliphatic carbocycles. The van der Waals surface area contributed by atoms with E-state index in [1.165, 1.54) is 35.5 Å². The molecule has 1 aromatic rings. The van der Waals surface area contributed by atoms with E-state index >= 15 is 0 Å². The van der Waals surface area contributed by atoms with E-state index in [0.717, 1.165) is 49.5 Å². The molecule has 5 rings (SSSR count). The van der Waals surface area contributed by atoms with Gasteiger partial charge in [-0.15, -0.1) is 0 Å². The van der Waals surface area contributed by atoms with Crippen LogP contribution >= 0.6 is 11.3 Å². The molecule has 0 spiro atoms. The highest BCUT2D eigenvalue weighted by molar-refractivity contribution is 7.13. The number of carbonyl (C=O) groups is 3. The highest BCUT2D eigenvalue weighted by Crippen LogP contribution is 2.34. The normalized spacial score (nSPS) is 31.2. The maximum absolute atomic E-state index is 13.1. The van der Waals surface area contributed by atoms with Gasteiger partial charge in [0, 0.05) is 39.0 Å². The van der Waals surface area contributed by atoms with Gasteiger partial charge in [-0.05, 0) is 25.7 Å². The number of fused-ring (bicyclic) bond motifs is 1. The van der Waals surface area contributed by atoms with Crippen LogP contribution in [0.15, 0.2) is 0 Å². The zero-order chi connectivity index (χ0) is 24.0. The van der Waals surface area contributed by atoms with E-state index in [4.69, 9.17) is 14.2 Å². The zero-order valence-corrected chi connectivity index (χ0v) is 19.8. The smallest absolute Gasteiger partial charge is 0.342 e. The first-order valence-electron chi connectivity index (χ1n) is 11.7. The van der Waals surface area contributed by atoms with E-state index < -0.39 is 35.8 Å². The van der Waals surface area contributed by atoms with Crippen LogP contribution in [-0.4, -0.2) is 92.6 Å². The molecule has 3 aliphatic heterocycles. The summed E-state index contributed by atoms with van der Waals surface area (Å²) in [5.41, 5.74) is 0.863. The van der Waals surface area contributed by atoms with Crippen LogP contribution in [0.3, 0.4) is 0 Å². The summed E-state index contributed by atoms with van der Waals surface area (Å²) >= 11 is 1.39. The van der Waals surface area contributed by atoms with E-state index in [1.807, 2.05) is 0 Å². The number of amides is 1. The third kappa shape index (κ3) is 4.39. The Balaban J connectivity index is 1.21. The number of aliphatic hydroxyl groups is 2. The molecular weight excluding hydrogens is 466 g/mol. The van der Waals surface area contributed by atoms with Crippen LogP contribution in [0.4, 0.5) is 0 Å². The molecule has 4 aliphatic rings. The summed E-state index contributed by atoms with van der Waals surface area (Å²) in [7, 11) is 0. The number of hydrogen-bond donors (Lipinski definition) is 2. The summed E-state index contributed by atoms with van der Waals surface area (Å²) < 4.78 is 16.1. The number of thiazole rings is 1. The SMILES string of the molecule is CC1(C(=O)N2CCc3nc(OC4CCN(C5CCC5)CC4)sc3C2)OC(=O)C(O)C(O)C(=O)O1. The van der Waals surface area contributed by atoms with Crippen molar-refractivity contribution in [2.45, 2.75) is 82.1 Å². The zero-order valence-electron chi connectivity index (χ0n) is 19.0.